The SMILES string of the molecule is C[C@@H]1O[C@@H](O[C@H]2[C@H](O[C@H]3[C@H](O[C@H]4[C@H](O)[C@@H](C(=O)O)O[C@@H](O[C@H]5CC[C@]6(C)[C@H]7CC[C@@]89OC(O)[C@@]%10([C@H](O)C[C@@]8(C)[C@]7(C)CC[C@H]6C5(C)C)[C@H]9CC(C)(C)[C@@H](O)[C@@H]%10O)[C@@H]4O[C@@H]4O[C@H](CO)[C@H](O)[C@H](O)[C@H]4O)O[C@H](CO)[C@H](O)[C@@H]3O)O[C@@H](C)[C@H](O)[C@H]2O)[C@H](O)[C@H](O)[C@H]1O. The first-order valence-corrected chi connectivity index (χ1v) is 31.8. The molecule has 18 N–H and O–H groups in total. The Balaban J connectivity index is 0.914. The molecule has 6 heterocycles. The molecule has 0 aromatic heterocycles. The minimum absolute atomic E-state index is 0.0252. The number of hydrogen-bond acceptors (Lipinski definition) is 29. The molecule has 1 unspecified atom stereocenters. The van der Waals surface area contributed by atoms with Gasteiger partial charge in [-0.25, -0.2) is 4.79 Å². The molecule has 0 amide bonds. The molecule has 11 fully saturated rings. The van der Waals surface area contributed by atoms with Crippen LogP contribution in [0.1, 0.15) is 114 Å². The normalized spacial score (nSPS) is 58.2. The molecule has 0 aromatic carbocycles. The number of hydrogen-bond donors (Lipinski definition) is 18. The van der Waals surface area contributed by atoms with Crippen molar-refractivity contribution in [2.24, 2.45) is 50.2 Å². The Morgan fingerprint density at radius 3 is 1.57 bits per heavy atom. The summed E-state index contributed by atoms with van der Waals surface area (Å²) in [6, 6.07) is 0. The van der Waals surface area contributed by atoms with E-state index in [1.54, 1.807) is 0 Å². The van der Waals surface area contributed by atoms with Gasteiger partial charge in [0, 0.05) is 11.3 Å². The number of fused-ring (bicyclic) bond motifs is 4. The van der Waals surface area contributed by atoms with Crippen molar-refractivity contribution < 1.29 is 149 Å². The molecule has 90 heavy (non-hydrogen) atoms. The van der Waals surface area contributed by atoms with Crippen molar-refractivity contribution in [3.8, 4) is 0 Å². The summed E-state index contributed by atoms with van der Waals surface area (Å²) in [7, 11) is 0. The van der Waals surface area contributed by atoms with Gasteiger partial charge >= 0.3 is 5.97 Å². The molecule has 11 aliphatic rings. The fourth-order valence-electron chi connectivity index (χ4n) is 19.6. The molecule has 6 aliphatic heterocycles. The van der Waals surface area contributed by atoms with Crippen LogP contribution in [0.25, 0.3) is 0 Å². The Bertz CT molecular complexity index is 2550. The molecule has 6 saturated heterocycles. The first kappa shape index (κ1) is 69.7. The van der Waals surface area contributed by atoms with Crippen molar-refractivity contribution in [1.82, 2.24) is 0 Å². The second-order valence-electron chi connectivity index (χ2n) is 30.1. The zero-order chi connectivity index (χ0) is 66.0. The third kappa shape index (κ3) is 10.3. The highest BCUT2D eigenvalue weighted by Crippen LogP contribution is 2.81. The second kappa shape index (κ2) is 24.4. The summed E-state index contributed by atoms with van der Waals surface area (Å²) in [5, 5.41) is 203. The van der Waals surface area contributed by atoms with E-state index in [1.165, 1.54) is 13.8 Å². The van der Waals surface area contributed by atoms with Crippen LogP contribution in [0.5, 0.6) is 0 Å². The summed E-state index contributed by atoms with van der Waals surface area (Å²) >= 11 is 0. The van der Waals surface area contributed by atoms with Crippen LogP contribution in [-0.2, 0) is 56.9 Å². The summed E-state index contributed by atoms with van der Waals surface area (Å²) < 4.78 is 68.5. The lowest BCUT2D eigenvalue weighted by atomic mass is 9.30. The van der Waals surface area contributed by atoms with Gasteiger partial charge in [0.2, 0.25) is 0 Å². The summed E-state index contributed by atoms with van der Waals surface area (Å²) in [5.74, 6) is -2.44. The van der Waals surface area contributed by atoms with Gasteiger partial charge in [0.25, 0.3) is 0 Å². The first-order chi connectivity index (χ1) is 41.9. The van der Waals surface area contributed by atoms with Gasteiger partial charge in [-0.1, -0.05) is 48.5 Å². The van der Waals surface area contributed by atoms with Gasteiger partial charge in [0.15, 0.2) is 43.8 Å². The predicted octanol–water partition coefficient (Wildman–Crippen LogP) is -5.12. The Kier molecular flexibility index (Phi) is 18.9. The van der Waals surface area contributed by atoms with Crippen LogP contribution >= 0.6 is 0 Å². The lowest BCUT2D eigenvalue weighted by Gasteiger charge is -2.75. The fraction of sp³-hybridized carbons (Fsp3) is 0.983. The molecule has 5 saturated carbocycles. The van der Waals surface area contributed by atoms with Crippen LogP contribution in [0, 0.1) is 50.2 Å². The number of aliphatic carboxylic acids is 1. The van der Waals surface area contributed by atoms with Crippen molar-refractivity contribution in [2.45, 2.75) is 304 Å². The molecule has 5 aliphatic carbocycles. The third-order valence-corrected chi connectivity index (χ3v) is 24.9. The quantitative estimate of drug-likeness (QED) is 0.0767. The predicted molar refractivity (Wildman–Crippen MR) is 296 cm³/mol. The van der Waals surface area contributed by atoms with E-state index in [2.05, 4.69) is 20.8 Å². The minimum atomic E-state index is -2.35. The highest BCUT2D eigenvalue weighted by Gasteiger charge is 2.85. The van der Waals surface area contributed by atoms with Gasteiger partial charge in [0.05, 0.1) is 60.9 Å². The molecule has 30 heteroatoms. The smallest absolute Gasteiger partial charge is 0.335 e. The van der Waals surface area contributed by atoms with Gasteiger partial charge < -0.3 is 144 Å². The number of rotatable bonds is 13. The number of aliphatic hydroxyl groups is 17. The lowest BCUT2D eigenvalue weighted by molar-refractivity contribution is -0.412. The summed E-state index contributed by atoms with van der Waals surface area (Å²) in [5.41, 5.74) is -5.87. The van der Waals surface area contributed by atoms with Crippen LogP contribution in [0.3, 0.4) is 0 Å². The summed E-state index contributed by atoms with van der Waals surface area (Å²) in [6.07, 6.45) is -50.4. The standard InChI is InChI=1S/C60H98O30/c1-20-29(64)33(68)37(72)48(80-20)87-42-35(70)30(65)21(2)81-50(42)88-43-36(71)32(67)23(19-62)83-51(43)85-40-39(74)41(47(77)78)86-52(44(40)89-49-38(73)34(69)31(66)22(18-61)82-49)84-28-12-13-56(7)24(55(28,5)6)10-14-57(8)25(56)11-15-59-26-16-54(3,4)45(75)46(76)60(26,53(79)90-59)27(63)17-58(57,59)9/h20-46,48-53,61-76,79H,10-19H2,1-9H3,(H,77,78)/t20-,21-,22+,23+,24-,25+,26-,27+,28-,29-,30-,31-,32-,33+,34-,35+,36-,37+,38+,39-,40-,41-,42+,43+,44+,45-,46-,48-,49-,50-,51-,52+,53?,56-,57+,58-,59-,60+/m0/s1. The average molecular weight is 1300 g/mol. The highest BCUT2D eigenvalue weighted by atomic mass is 16.8. The molecule has 2 bridgehead atoms. The first-order valence-electron chi connectivity index (χ1n) is 31.8. The molecule has 38 atom stereocenters. The van der Waals surface area contributed by atoms with Crippen LogP contribution in [-0.4, -0.2) is 301 Å². The van der Waals surface area contributed by atoms with E-state index in [-0.39, 0.29) is 24.7 Å². The topological polar surface area (TPSA) is 483 Å². The van der Waals surface area contributed by atoms with Crippen LogP contribution in [0.2, 0.25) is 0 Å². The van der Waals surface area contributed by atoms with Crippen molar-refractivity contribution >= 4 is 5.97 Å². The number of carbonyl (C=O) groups is 1. The zero-order valence-electron chi connectivity index (χ0n) is 52.1. The maximum atomic E-state index is 13.4. The molecule has 11 rings (SSSR count). The third-order valence-electron chi connectivity index (χ3n) is 24.9. The lowest BCUT2D eigenvalue weighted by Crippen LogP contribution is -2.76. The number of aliphatic hydroxyl groups excluding tert-OH is 17. The van der Waals surface area contributed by atoms with Crippen molar-refractivity contribution in [3.05, 3.63) is 0 Å². The van der Waals surface area contributed by atoms with E-state index in [0.717, 1.165) is 0 Å². The molecule has 0 aromatic rings. The number of carboxylic acid groups (broad SMARTS) is 1. The highest BCUT2D eigenvalue weighted by molar-refractivity contribution is 5.73. The van der Waals surface area contributed by atoms with Gasteiger partial charge in [-0.15, -0.1) is 0 Å². The molecular weight excluding hydrogens is 1200 g/mol. The largest absolute Gasteiger partial charge is 0.479 e. The van der Waals surface area contributed by atoms with E-state index < -0.39 is 247 Å². The van der Waals surface area contributed by atoms with Crippen molar-refractivity contribution in [3.63, 3.8) is 0 Å². The maximum Gasteiger partial charge on any atom is 0.335 e. The van der Waals surface area contributed by atoms with Crippen molar-refractivity contribution in [2.75, 3.05) is 13.2 Å². The van der Waals surface area contributed by atoms with Gasteiger partial charge in [-0.3, -0.25) is 0 Å². The number of ether oxygens (including phenoxy) is 11. The molecule has 0 radical (unpaired) electrons. The minimum Gasteiger partial charge on any atom is -0.479 e. The van der Waals surface area contributed by atoms with Gasteiger partial charge in [-0.2, -0.15) is 0 Å². The monoisotopic (exact) mass is 1300 g/mol. The zero-order valence-corrected chi connectivity index (χ0v) is 52.1. The Morgan fingerprint density at radius 2 is 0.956 bits per heavy atom. The summed E-state index contributed by atoms with van der Waals surface area (Å²) in [6.45, 7) is 15.1. The second-order valence-corrected chi connectivity index (χ2v) is 30.1. The van der Waals surface area contributed by atoms with E-state index in [0.29, 0.717) is 38.5 Å². The van der Waals surface area contributed by atoms with E-state index in [1.807, 2.05) is 27.7 Å². The molecule has 30 nitrogen and oxygen atoms in total. The maximum absolute atomic E-state index is 13.4. The Morgan fingerprint density at radius 1 is 0.467 bits per heavy atom. The van der Waals surface area contributed by atoms with Crippen LogP contribution in [0.4, 0.5) is 0 Å². The van der Waals surface area contributed by atoms with E-state index >= 15 is 0 Å². The van der Waals surface area contributed by atoms with Crippen molar-refractivity contribution in [1.29, 1.82) is 0 Å². The van der Waals surface area contributed by atoms with E-state index in [9.17, 15) is 96.7 Å². The summed E-state index contributed by atoms with van der Waals surface area (Å²) in [4.78, 5) is 13.4. The molecular formula is C60H98O30. The van der Waals surface area contributed by atoms with Gasteiger partial charge in [0.1, 0.15) is 104 Å². The van der Waals surface area contributed by atoms with Crippen LogP contribution in [0.15, 0.2) is 0 Å². The van der Waals surface area contributed by atoms with Gasteiger partial charge in [-0.05, 0) is 98.7 Å². The van der Waals surface area contributed by atoms with E-state index in [4.69, 9.17) is 52.1 Å². The molecule has 1 spiro atoms. The average Bonchev–Trinajstić information content (AvgIpc) is 1.37. The van der Waals surface area contributed by atoms with Crippen LogP contribution < -0.4 is 0 Å². The number of carboxylic acids is 1. The fourth-order valence-corrected chi connectivity index (χ4v) is 19.6. The Hall–Kier alpha value is -1.65. The molecule has 518 valence electrons. The Labute approximate surface area is 520 Å².